The van der Waals surface area contributed by atoms with Crippen molar-refractivity contribution < 1.29 is 28.7 Å². The van der Waals surface area contributed by atoms with Crippen LogP contribution in [-0.4, -0.2) is 30.2 Å². The first-order valence-corrected chi connectivity index (χ1v) is 8.39. The van der Waals surface area contributed by atoms with Crippen molar-refractivity contribution in [1.29, 1.82) is 0 Å². The summed E-state index contributed by atoms with van der Waals surface area (Å²) in [4.78, 5) is 27.3. The molecule has 9 heteroatoms. The van der Waals surface area contributed by atoms with Crippen LogP contribution in [0.1, 0.15) is 18.1 Å². The molecule has 0 saturated heterocycles. The molecule has 4 rings (SSSR count). The smallest absolute Gasteiger partial charge is 0.363 e. The van der Waals surface area contributed by atoms with Crippen LogP contribution in [0.2, 0.25) is 0 Å². The Kier molecular flexibility index (Phi) is 4.40. The topological polar surface area (TPSA) is 109 Å². The van der Waals surface area contributed by atoms with Crippen molar-refractivity contribution in [1.82, 2.24) is 0 Å². The number of rotatable bonds is 5. The average molecular weight is 382 g/mol. The lowest BCUT2D eigenvalue weighted by Gasteiger charge is -2.08. The summed E-state index contributed by atoms with van der Waals surface area (Å²) in [6.45, 7) is 2.25. The second-order valence-corrected chi connectivity index (χ2v) is 5.79. The van der Waals surface area contributed by atoms with Gasteiger partial charge in [0.25, 0.3) is 5.69 Å². The van der Waals surface area contributed by atoms with Crippen molar-refractivity contribution in [2.75, 3.05) is 13.4 Å². The monoisotopic (exact) mass is 382 g/mol. The van der Waals surface area contributed by atoms with Gasteiger partial charge in [0.05, 0.1) is 28.7 Å². The lowest BCUT2D eigenvalue weighted by atomic mass is 10.1. The molecule has 2 heterocycles. The summed E-state index contributed by atoms with van der Waals surface area (Å²) in [5.74, 6) is 0.510. The maximum Gasteiger partial charge on any atom is 0.363 e. The molecule has 0 N–H and O–H groups in total. The number of hydrogen-bond acceptors (Lipinski definition) is 8. The van der Waals surface area contributed by atoms with Gasteiger partial charge in [0.15, 0.2) is 17.2 Å². The SMILES string of the molecule is CCOc1ccccc1C1=N/C(=C/c2cc3c(cc2[N+](=O)[O-])OCO3)C(=O)O1. The molecule has 9 nitrogen and oxygen atoms in total. The second kappa shape index (κ2) is 7.03. The maximum absolute atomic E-state index is 12.3. The van der Waals surface area contributed by atoms with Crippen LogP contribution in [0.5, 0.6) is 17.2 Å². The molecule has 28 heavy (non-hydrogen) atoms. The van der Waals surface area contributed by atoms with E-state index in [1.54, 1.807) is 24.3 Å². The number of nitro benzene ring substituents is 1. The molecule has 0 atom stereocenters. The molecule has 0 saturated carbocycles. The summed E-state index contributed by atoms with van der Waals surface area (Å²) < 4.78 is 21.2. The first-order valence-electron chi connectivity index (χ1n) is 8.39. The Morgan fingerprint density at radius 3 is 2.75 bits per heavy atom. The van der Waals surface area contributed by atoms with Gasteiger partial charge in [0, 0.05) is 0 Å². The summed E-state index contributed by atoms with van der Waals surface area (Å²) in [6.07, 6.45) is 1.29. The summed E-state index contributed by atoms with van der Waals surface area (Å²) in [6, 6.07) is 9.69. The predicted octanol–water partition coefficient (Wildman–Crippen LogP) is 3.07. The number of carbonyl (C=O) groups excluding carboxylic acids is 1. The van der Waals surface area contributed by atoms with Crippen LogP contribution >= 0.6 is 0 Å². The lowest BCUT2D eigenvalue weighted by molar-refractivity contribution is -0.385. The van der Waals surface area contributed by atoms with Crippen LogP contribution in [0.15, 0.2) is 47.1 Å². The number of hydrogen-bond donors (Lipinski definition) is 0. The quantitative estimate of drug-likeness (QED) is 0.338. The first-order chi connectivity index (χ1) is 13.6. The molecule has 0 unspecified atom stereocenters. The van der Waals surface area contributed by atoms with Crippen LogP contribution in [0.25, 0.3) is 6.08 Å². The number of nitro groups is 1. The van der Waals surface area contributed by atoms with E-state index in [9.17, 15) is 14.9 Å². The minimum Gasteiger partial charge on any atom is -0.493 e. The third-order valence-electron chi connectivity index (χ3n) is 4.05. The van der Waals surface area contributed by atoms with Gasteiger partial charge in [-0.1, -0.05) is 12.1 Å². The summed E-state index contributed by atoms with van der Waals surface area (Å²) >= 11 is 0. The standard InChI is InChI=1S/C19H14N2O7/c1-2-25-15-6-4-3-5-12(15)18-20-13(19(22)28-18)7-11-8-16-17(27-10-26-16)9-14(11)21(23)24/h3-9H,2,10H2,1H3/b13-7+. The number of fused-ring (bicyclic) bond motifs is 1. The van der Waals surface area contributed by atoms with Crippen molar-refractivity contribution in [3.8, 4) is 17.2 Å². The molecule has 0 aromatic heterocycles. The van der Waals surface area contributed by atoms with E-state index in [0.29, 0.717) is 23.7 Å². The van der Waals surface area contributed by atoms with E-state index in [0.717, 1.165) is 0 Å². The number of nitrogens with zero attached hydrogens (tertiary/aromatic N) is 2. The molecule has 0 bridgehead atoms. The zero-order chi connectivity index (χ0) is 19.7. The van der Waals surface area contributed by atoms with Gasteiger partial charge in [-0.15, -0.1) is 0 Å². The third-order valence-corrected chi connectivity index (χ3v) is 4.05. The van der Waals surface area contributed by atoms with E-state index in [1.807, 2.05) is 6.92 Å². The molecule has 2 aromatic carbocycles. The fraction of sp³-hybridized carbons (Fsp3) is 0.158. The van der Waals surface area contributed by atoms with E-state index in [-0.39, 0.29) is 35.4 Å². The predicted molar refractivity (Wildman–Crippen MR) is 97.4 cm³/mol. The third kappa shape index (κ3) is 3.13. The minimum absolute atomic E-state index is 0.0228. The Labute approximate surface area is 159 Å². The zero-order valence-corrected chi connectivity index (χ0v) is 14.7. The highest BCUT2D eigenvalue weighted by Gasteiger charge is 2.28. The average Bonchev–Trinajstić information content (AvgIpc) is 3.28. The highest BCUT2D eigenvalue weighted by atomic mass is 16.7. The Morgan fingerprint density at radius 1 is 1.25 bits per heavy atom. The summed E-state index contributed by atoms with van der Waals surface area (Å²) in [5.41, 5.74) is 0.372. The van der Waals surface area contributed by atoms with E-state index in [2.05, 4.69) is 4.99 Å². The van der Waals surface area contributed by atoms with Gasteiger partial charge in [-0.2, -0.15) is 0 Å². The number of carbonyl (C=O) groups is 1. The fourth-order valence-electron chi connectivity index (χ4n) is 2.82. The maximum atomic E-state index is 12.3. The molecule has 0 aliphatic carbocycles. The van der Waals surface area contributed by atoms with Gasteiger partial charge < -0.3 is 18.9 Å². The number of aliphatic imine (C=N–C) groups is 1. The highest BCUT2D eigenvalue weighted by molar-refractivity contribution is 6.14. The molecule has 142 valence electrons. The zero-order valence-electron chi connectivity index (χ0n) is 14.7. The van der Waals surface area contributed by atoms with Gasteiger partial charge in [-0.05, 0) is 31.2 Å². The normalized spacial score (nSPS) is 16.1. The second-order valence-electron chi connectivity index (χ2n) is 5.79. The molecule has 2 aliphatic rings. The van der Waals surface area contributed by atoms with Gasteiger partial charge in [0.2, 0.25) is 12.7 Å². The number of benzene rings is 2. The van der Waals surface area contributed by atoms with Crippen LogP contribution in [-0.2, 0) is 9.53 Å². The number of esters is 1. The van der Waals surface area contributed by atoms with Crippen LogP contribution in [0.3, 0.4) is 0 Å². The van der Waals surface area contributed by atoms with Crippen molar-refractivity contribution in [2.45, 2.75) is 6.92 Å². The number of para-hydroxylation sites is 1. The van der Waals surface area contributed by atoms with Crippen LogP contribution < -0.4 is 14.2 Å². The minimum atomic E-state index is -0.715. The van der Waals surface area contributed by atoms with E-state index in [4.69, 9.17) is 18.9 Å². The fourth-order valence-corrected chi connectivity index (χ4v) is 2.82. The Balaban J connectivity index is 1.75. The number of ether oxygens (including phenoxy) is 4. The molecule has 2 aromatic rings. The molecular weight excluding hydrogens is 368 g/mol. The van der Waals surface area contributed by atoms with E-state index >= 15 is 0 Å². The largest absolute Gasteiger partial charge is 0.493 e. The Hall–Kier alpha value is -3.88. The molecule has 0 amide bonds. The van der Waals surface area contributed by atoms with Crippen LogP contribution in [0.4, 0.5) is 5.69 Å². The van der Waals surface area contributed by atoms with Crippen molar-refractivity contribution in [2.24, 2.45) is 4.99 Å². The van der Waals surface area contributed by atoms with Gasteiger partial charge in [-0.25, -0.2) is 9.79 Å². The molecule has 0 spiro atoms. The number of cyclic esters (lactones) is 1. The molecule has 2 aliphatic heterocycles. The van der Waals surface area contributed by atoms with E-state index < -0.39 is 10.9 Å². The summed E-state index contributed by atoms with van der Waals surface area (Å²) in [5, 5.41) is 11.4. The highest BCUT2D eigenvalue weighted by Crippen LogP contribution is 2.39. The van der Waals surface area contributed by atoms with Gasteiger partial charge in [-0.3, -0.25) is 10.1 Å². The molecule has 0 radical (unpaired) electrons. The lowest BCUT2D eigenvalue weighted by Crippen LogP contribution is -2.07. The molecular formula is C19H14N2O7. The van der Waals surface area contributed by atoms with Crippen molar-refractivity contribution in [3.63, 3.8) is 0 Å². The van der Waals surface area contributed by atoms with Crippen molar-refractivity contribution >= 4 is 23.6 Å². The van der Waals surface area contributed by atoms with E-state index in [1.165, 1.54) is 18.2 Å². The van der Waals surface area contributed by atoms with Gasteiger partial charge in [0.1, 0.15) is 5.75 Å². The Bertz CT molecular complexity index is 1040. The Morgan fingerprint density at radius 2 is 2.00 bits per heavy atom. The van der Waals surface area contributed by atoms with Crippen LogP contribution in [0, 0.1) is 10.1 Å². The first kappa shape index (κ1) is 17.5. The van der Waals surface area contributed by atoms with Crippen molar-refractivity contribution in [3.05, 3.63) is 63.3 Å². The van der Waals surface area contributed by atoms with Gasteiger partial charge >= 0.3 is 5.97 Å². The molecule has 0 fully saturated rings. The summed E-state index contributed by atoms with van der Waals surface area (Å²) in [7, 11) is 0.